The average Bonchev–Trinajstić information content (AvgIpc) is 2.97. The summed E-state index contributed by atoms with van der Waals surface area (Å²) < 4.78 is 69.0. The number of anilines is 1. The minimum absolute atomic E-state index is 0.211. The van der Waals surface area contributed by atoms with Gasteiger partial charge in [0.1, 0.15) is 5.75 Å². The van der Waals surface area contributed by atoms with E-state index in [1.54, 1.807) is 19.1 Å². The van der Waals surface area contributed by atoms with Crippen LogP contribution in [0.2, 0.25) is 0 Å². The molecule has 0 spiro atoms. The number of aliphatic hydroxyl groups excluding tert-OH is 1. The molecule has 0 radical (unpaired) electrons. The fourth-order valence-electron chi connectivity index (χ4n) is 6.16. The second-order valence-electron chi connectivity index (χ2n) is 11.5. The fourth-order valence-corrected chi connectivity index (χ4v) is 6.16. The van der Waals surface area contributed by atoms with Gasteiger partial charge in [-0.25, -0.2) is 0 Å². The summed E-state index contributed by atoms with van der Waals surface area (Å²) in [5.41, 5.74) is 3.60. The number of hydrogen-bond donors (Lipinski definition) is 3. The quantitative estimate of drug-likeness (QED) is 0.120. The molecule has 0 amide bonds. The van der Waals surface area contributed by atoms with Gasteiger partial charge in [0.2, 0.25) is 0 Å². The minimum atomic E-state index is -5.49. The van der Waals surface area contributed by atoms with E-state index in [0.29, 0.717) is 37.0 Å². The number of aliphatic hydroxyl groups is 1. The van der Waals surface area contributed by atoms with Crippen LogP contribution in [0, 0.1) is 5.92 Å². The SMILES string of the molecule is CC.CCOC(CCCCCCCCCC1c2ccc(O)cc2NCC1C1=CC=C(O)CC1)CCCC(F)(F)C(F)(F)F. The lowest BCUT2D eigenvalue weighted by Gasteiger charge is -2.37. The molecule has 3 rings (SSSR count). The number of phenolic OH excluding ortho intramolecular Hbond substituents is 1. The maximum atomic E-state index is 13.2. The first-order valence-corrected chi connectivity index (χ1v) is 16.2. The first-order chi connectivity index (χ1) is 20.5. The van der Waals surface area contributed by atoms with Crippen LogP contribution in [-0.4, -0.2) is 41.6 Å². The van der Waals surface area contributed by atoms with Gasteiger partial charge in [-0.05, 0) is 62.7 Å². The second kappa shape index (κ2) is 18.5. The van der Waals surface area contributed by atoms with Crippen molar-refractivity contribution in [3.63, 3.8) is 0 Å². The van der Waals surface area contributed by atoms with Crippen molar-refractivity contribution in [3.05, 3.63) is 47.2 Å². The van der Waals surface area contributed by atoms with Crippen LogP contribution >= 0.6 is 0 Å². The number of benzene rings is 1. The van der Waals surface area contributed by atoms with Crippen molar-refractivity contribution in [3.8, 4) is 5.75 Å². The zero-order chi connectivity index (χ0) is 31.9. The molecule has 3 unspecified atom stereocenters. The first kappa shape index (κ1) is 36.9. The normalized spacial score (nSPS) is 19.3. The summed E-state index contributed by atoms with van der Waals surface area (Å²) in [6.07, 6.45) is 7.59. The third-order valence-corrected chi connectivity index (χ3v) is 8.45. The summed E-state index contributed by atoms with van der Waals surface area (Å²) in [5, 5.41) is 23.2. The fraction of sp³-hybridized carbons (Fsp3) is 0.706. The van der Waals surface area contributed by atoms with Gasteiger partial charge in [-0.15, -0.1) is 0 Å². The third-order valence-electron chi connectivity index (χ3n) is 8.45. The van der Waals surface area contributed by atoms with Crippen LogP contribution < -0.4 is 5.32 Å². The molecule has 3 N–H and O–H groups in total. The maximum Gasteiger partial charge on any atom is 0.453 e. The molecule has 0 bridgehead atoms. The molecule has 2 aliphatic rings. The largest absolute Gasteiger partial charge is 0.512 e. The van der Waals surface area contributed by atoms with Crippen LogP contribution in [-0.2, 0) is 4.74 Å². The Balaban J connectivity index is 0.00000316. The lowest BCUT2D eigenvalue weighted by molar-refractivity contribution is -0.284. The van der Waals surface area contributed by atoms with Gasteiger partial charge >= 0.3 is 12.1 Å². The minimum Gasteiger partial charge on any atom is -0.512 e. The van der Waals surface area contributed by atoms with Crippen molar-refractivity contribution >= 4 is 5.69 Å². The number of ether oxygens (including phenoxy) is 1. The first-order valence-electron chi connectivity index (χ1n) is 16.2. The van der Waals surface area contributed by atoms with Gasteiger partial charge in [-0.1, -0.05) is 76.5 Å². The predicted molar refractivity (Wildman–Crippen MR) is 164 cm³/mol. The highest BCUT2D eigenvalue weighted by molar-refractivity contribution is 5.59. The van der Waals surface area contributed by atoms with Crippen molar-refractivity contribution < 1.29 is 36.9 Å². The Labute approximate surface area is 254 Å². The van der Waals surface area contributed by atoms with Gasteiger partial charge in [-0.3, -0.25) is 0 Å². The van der Waals surface area contributed by atoms with E-state index in [-0.39, 0.29) is 24.7 Å². The monoisotopic (exact) mass is 617 g/mol. The van der Waals surface area contributed by atoms with E-state index in [2.05, 4.69) is 11.4 Å². The second-order valence-corrected chi connectivity index (χ2v) is 11.5. The van der Waals surface area contributed by atoms with Crippen LogP contribution in [0.25, 0.3) is 0 Å². The van der Waals surface area contributed by atoms with Crippen molar-refractivity contribution in [2.45, 2.75) is 135 Å². The van der Waals surface area contributed by atoms with E-state index in [1.165, 1.54) is 11.1 Å². The molecule has 1 aromatic carbocycles. The van der Waals surface area contributed by atoms with E-state index < -0.39 is 18.5 Å². The molecule has 0 saturated carbocycles. The Morgan fingerprint density at radius 3 is 2.16 bits per heavy atom. The highest BCUT2D eigenvalue weighted by Crippen LogP contribution is 2.45. The highest BCUT2D eigenvalue weighted by Gasteiger charge is 2.56. The summed E-state index contributed by atoms with van der Waals surface area (Å²) in [6, 6.07) is 5.58. The maximum absolute atomic E-state index is 13.2. The van der Waals surface area contributed by atoms with Crippen molar-refractivity contribution in [1.29, 1.82) is 0 Å². The summed E-state index contributed by atoms with van der Waals surface area (Å²) in [5.74, 6) is -3.24. The number of halogens is 5. The van der Waals surface area contributed by atoms with Gasteiger partial charge in [0.25, 0.3) is 0 Å². The number of alkyl halides is 5. The van der Waals surface area contributed by atoms with Crippen LogP contribution in [0.1, 0.15) is 122 Å². The summed E-state index contributed by atoms with van der Waals surface area (Å²) >= 11 is 0. The molecular formula is C34H52F5NO3. The van der Waals surface area contributed by atoms with E-state index in [9.17, 15) is 32.2 Å². The van der Waals surface area contributed by atoms with Crippen LogP contribution in [0.3, 0.4) is 0 Å². The molecule has 43 heavy (non-hydrogen) atoms. The zero-order valence-electron chi connectivity index (χ0n) is 26.1. The van der Waals surface area contributed by atoms with Crippen LogP contribution in [0.4, 0.5) is 27.6 Å². The number of rotatable bonds is 17. The Kier molecular flexibility index (Phi) is 15.9. The van der Waals surface area contributed by atoms with E-state index in [0.717, 1.165) is 70.0 Å². The summed E-state index contributed by atoms with van der Waals surface area (Å²) in [6.45, 7) is 7.04. The lowest BCUT2D eigenvalue weighted by Crippen LogP contribution is -2.36. The van der Waals surface area contributed by atoms with Crippen molar-refractivity contribution in [2.24, 2.45) is 5.92 Å². The number of fused-ring (bicyclic) bond motifs is 1. The van der Waals surface area contributed by atoms with Crippen LogP contribution in [0.15, 0.2) is 41.7 Å². The standard InChI is InChI=1S/C32H46F5NO3.C2H6/c1-2-41-26(12-10-20-31(33,34)32(35,36)37)11-8-6-4-3-5-7-9-13-27-28-19-18-25(40)21-30(28)38-22-29(27)23-14-16-24(39)17-15-23;1-2/h14,16,18-19,21,26-27,29,38-40H,2-13,15,17,20,22H2,1H3;1-2H3. The Morgan fingerprint density at radius 1 is 0.884 bits per heavy atom. The summed E-state index contributed by atoms with van der Waals surface area (Å²) in [4.78, 5) is 0. The Hall–Kier alpha value is -2.29. The number of phenols is 1. The smallest absolute Gasteiger partial charge is 0.453 e. The number of hydrogen-bond acceptors (Lipinski definition) is 4. The van der Waals surface area contributed by atoms with Gasteiger partial charge in [0.05, 0.1) is 11.9 Å². The molecule has 1 aromatic rings. The van der Waals surface area contributed by atoms with Crippen molar-refractivity contribution in [1.82, 2.24) is 0 Å². The molecule has 0 saturated heterocycles. The summed E-state index contributed by atoms with van der Waals surface area (Å²) in [7, 11) is 0. The molecule has 246 valence electrons. The van der Waals surface area contributed by atoms with E-state index in [1.807, 2.05) is 26.0 Å². The molecule has 1 aliphatic heterocycles. The Morgan fingerprint density at radius 2 is 1.53 bits per heavy atom. The molecular weight excluding hydrogens is 565 g/mol. The van der Waals surface area contributed by atoms with E-state index in [4.69, 9.17) is 4.74 Å². The molecule has 1 heterocycles. The highest BCUT2D eigenvalue weighted by atomic mass is 19.4. The number of nitrogens with one attached hydrogen (secondary N) is 1. The van der Waals surface area contributed by atoms with Crippen LogP contribution in [0.5, 0.6) is 5.75 Å². The van der Waals surface area contributed by atoms with Gasteiger partial charge in [0, 0.05) is 43.7 Å². The number of aromatic hydroxyl groups is 1. The topological polar surface area (TPSA) is 61.7 Å². The van der Waals surface area contributed by atoms with Gasteiger partial charge < -0.3 is 20.3 Å². The molecule has 0 aromatic heterocycles. The van der Waals surface area contributed by atoms with Gasteiger partial charge in [0.15, 0.2) is 0 Å². The number of unbranched alkanes of at least 4 members (excludes halogenated alkanes) is 6. The third kappa shape index (κ3) is 12.0. The molecule has 4 nitrogen and oxygen atoms in total. The molecule has 0 fully saturated rings. The Bertz CT molecular complexity index is 1010. The lowest BCUT2D eigenvalue weighted by atomic mass is 9.73. The predicted octanol–water partition coefficient (Wildman–Crippen LogP) is 11.0. The van der Waals surface area contributed by atoms with E-state index >= 15 is 0 Å². The molecule has 1 aliphatic carbocycles. The molecule has 9 heteroatoms. The molecule has 3 atom stereocenters. The average molecular weight is 618 g/mol. The number of allylic oxidation sites excluding steroid dienone is 3. The van der Waals surface area contributed by atoms with Crippen molar-refractivity contribution in [2.75, 3.05) is 18.5 Å². The zero-order valence-corrected chi connectivity index (χ0v) is 26.1. The van der Waals surface area contributed by atoms with Gasteiger partial charge in [-0.2, -0.15) is 22.0 Å².